The highest BCUT2D eigenvalue weighted by Gasteiger charge is 2.19. The van der Waals surface area contributed by atoms with Crippen LogP contribution in [-0.2, 0) is 15.8 Å². The van der Waals surface area contributed by atoms with Gasteiger partial charge in [-0.3, -0.25) is 0 Å². The summed E-state index contributed by atoms with van der Waals surface area (Å²) in [7, 11) is -0.559. The van der Waals surface area contributed by atoms with Crippen LogP contribution in [0.4, 0.5) is 0 Å². The molecule has 4 aromatic rings. The van der Waals surface area contributed by atoms with Gasteiger partial charge in [-0.2, -0.15) is 4.98 Å². The lowest BCUT2D eigenvalue weighted by molar-refractivity contribution is 0.391. The minimum atomic E-state index is -3.53. The average molecular weight is 431 g/mol. The lowest BCUT2D eigenvalue weighted by Gasteiger charge is -2.10. The Hall–Kier alpha value is -2.69. The third-order valence-electron chi connectivity index (χ3n) is 4.21. The molecule has 0 bridgehead atoms. The minimum Gasteiger partial charge on any atom is -0.431 e. The molecule has 0 unspecified atom stereocenters. The number of fused-ring (bicyclic) bond motifs is 1. The highest BCUT2D eigenvalue weighted by Crippen LogP contribution is 2.28. The van der Waals surface area contributed by atoms with Gasteiger partial charge in [0.05, 0.1) is 10.6 Å². The molecule has 8 nitrogen and oxygen atoms in total. The largest absolute Gasteiger partial charge is 0.431 e. The number of benzene rings is 2. The number of sulfonamides is 1. The number of hydrogen-bond donors (Lipinski definition) is 0. The van der Waals surface area contributed by atoms with Crippen molar-refractivity contribution in [1.82, 2.24) is 19.4 Å². The number of aromatic nitrogens is 3. The fourth-order valence-corrected chi connectivity index (χ4v) is 4.17. The first-order valence-corrected chi connectivity index (χ1v) is 11.1. The maximum atomic E-state index is 12.3. The standard InChI is InChI=1S/C19H18N4O4S2/c1-12-4-6-13(7-5-12)18-21-17(27-22-18)11-28-19-20-15-10-14(8-9-16(15)26-19)29(24,25)23(2)3/h4-10H,11H2,1-3H3. The van der Waals surface area contributed by atoms with Crippen molar-refractivity contribution in [2.75, 3.05) is 14.1 Å². The van der Waals surface area contributed by atoms with E-state index in [9.17, 15) is 8.42 Å². The Balaban J connectivity index is 1.50. The van der Waals surface area contributed by atoms with Gasteiger partial charge in [0, 0.05) is 19.7 Å². The molecule has 0 saturated carbocycles. The van der Waals surface area contributed by atoms with E-state index >= 15 is 0 Å². The van der Waals surface area contributed by atoms with Crippen molar-refractivity contribution in [3.05, 3.63) is 53.9 Å². The van der Waals surface area contributed by atoms with Crippen LogP contribution in [0.5, 0.6) is 0 Å². The van der Waals surface area contributed by atoms with Crippen molar-refractivity contribution in [3.8, 4) is 11.4 Å². The van der Waals surface area contributed by atoms with Gasteiger partial charge in [0.1, 0.15) is 5.52 Å². The molecule has 0 saturated heterocycles. The molecule has 2 heterocycles. The minimum absolute atomic E-state index is 0.166. The van der Waals surface area contributed by atoms with E-state index in [1.807, 2.05) is 31.2 Å². The number of thioether (sulfide) groups is 1. The zero-order valence-electron chi connectivity index (χ0n) is 16.0. The molecule has 2 aromatic heterocycles. The van der Waals surface area contributed by atoms with Crippen LogP contribution in [0.3, 0.4) is 0 Å². The van der Waals surface area contributed by atoms with Gasteiger partial charge in [0.2, 0.25) is 21.7 Å². The topological polar surface area (TPSA) is 102 Å². The predicted octanol–water partition coefficient (Wildman–Crippen LogP) is 3.73. The van der Waals surface area contributed by atoms with Crippen LogP contribution in [0.15, 0.2) is 61.5 Å². The van der Waals surface area contributed by atoms with Crippen molar-refractivity contribution in [1.29, 1.82) is 0 Å². The molecule has 29 heavy (non-hydrogen) atoms. The van der Waals surface area contributed by atoms with E-state index in [0.29, 0.717) is 33.8 Å². The summed E-state index contributed by atoms with van der Waals surface area (Å²) in [6.07, 6.45) is 0. The summed E-state index contributed by atoms with van der Waals surface area (Å²) in [6.45, 7) is 2.02. The Bertz CT molecular complexity index is 1260. The normalized spacial score (nSPS) is 12.1. The molecule has 0 fully saturated rings. The smallest absolute Gasteiger partial charge is 0.257 e. The number of hydrogen-bond acceptors (Lipinski definition) is 8. The second-order valence-electron chi connectivity index (χ2n) is 6.56. The van der Waals surface area contributed by atoms with E-state index < -0.39 is 10.0 Å². The molecule has 0 aliphatic rings. The summed E-state index contributed by atoms with van der Waals surface area (Å²) < 4.78 is 36.7. The monoisotopic (exact) mass is 430 g/mol. The third-order valence-corrected chi connectivity index (χ3v) is 6.84. The SMILES string of the molecule is Cc1ccc(-c2noc(CSc3nc4cc(S(=O)(=O)N(C)C)ccc4o3)n2)cc1. The van der Waals surface area contributed by atoms with Crippen LogP contribution in [0, 0.1) is 6.92 Å². The van der Waals surface area contributed by atoms with Crippen LogP contribution < -0.4 is 0 Å². The zero-order chi connectivity index (χ0) is 20.6. The summed E-state index contributed by atoms with van der Waals surface area (Å²) >= 11 is 1.30. The van der Waals surface area contributed by atoms with Crippen molar-refractivity contribution >= 4 is 32.9 Å². The molecule has 0 radical (unpaired) electrons. The molecule has 0 N–H and O–H groups in total. The maximum Gasteiger partial charge on any atom is 0.257 e. The number of rotatable bonds is 6. The van der Waals surface area contributed by atoms with E-state index in [2.05, 4.69) is 15.1 Å². The third kappa shape index (κ3) is 4.04. The summed E-state index contributed by atoms with van der Waals surface area (Å²) in [4.78, 5) is 8.92. The molecule has 0 spiro atoms. The molecule has 0 aliphatic heterocycles. The Labute approximate surface area is 172 Å². The molecule has 4 rings (SSSR count). The zero-order valence-corrected chi connectivity index (χ0v) is 17.6. The van der Waals surface area contributed by atoms with Gasteiger partial charge >= 0.3 is 0 Å². The average Bonchev–Trinajstić information content (AvgIpc) is 3.32. The predicted molar refractivity (Wildman–Crippen MR) is 109 cm³/mol. The maximum absolute atomic E-state index is 12.3. The number of aryl methyl sites for hydroxylation is 1. The quantitative estimate of drug-likeness (QED) is 0.426. The lowest BCUT2D eigenvalue weighted by atomic mass is 10.1. The molecule has 10 heteroatoms. The molecule has 0 atom stereocenters. The second kappa shape index (κ2) is 7.62. The summed E-state index contributed by atoms with van der Waals surface area (Å²) in [5, 5.41) is 4.40. The van der Waals surface area contributed by atoms with Gasteiger partial charge in [-0.05, 0) is 25.1 Å². The van der Waals surface area contributed by atoms with Crippen LogP contribution in [-0.4, -0.2) is 41.9 Å². The first-order valence-electron chi connectivity index (χ1n) is 8.68. The van der Waals surface area contributed by atoms with E-state index in [-0.39, 0.29) is 4.90 Å². The Morgan fingerprint density at radius 2 is 1.83 bits per heavy atom. The summed E-state index contributed by atoms with van der Waals surface area (Å²) in [5.41, 5.74) is 3.02. The first kappa shape index (κ1) is 19.6. The van der Waals surface area contributed by atoms with Crippen molar-refractivity contribution in [3.63, 3.8) is 0 Å². The van der Waals surface area contributed by atoms with Gasteiger partial charge < -0.3 is 8.94 Å². The van der Waals surface area contributed by atoms with E-state index in [1.165, 1.54) is 38.0 Å². The van der Waals surface area contributed by atoms with Crippen molar-refractivity contribution in [2.45, 2.75) is 22.8 Å². The summed E-state index contributed by atoms with van der Waals surface area (Å²) in [6, 6.07) is 12.5. The number of nitrogens with zero attached hydrogens (tertiary/aromatic N) is 4. The molecular weight excluding hydrogens is 412 g/mol. The van der Waals surface area contributed by atoms with Gasteiger partial charge in [-0.25, -0.2) is 17.7 Å². The van der Waals surface area contributed by atoms with E-state index in [0.717, 1.165) is 15.4 Å². The van der Waals surface area contributed by atoms with Gasteiger partial charge in [0.25, 0.3) is 5.22 Å². The Kier molecular flexibility index (Phi) is 5.15. The highest BCUT2D eigenvalue weighted by molar-refractivity contribution is 7.98. The molecular formula is C19H18N4O4S2. The fourth-order valence-electron chi connectivity index (χ4n) is 2.58. The van der Waals surface area contributed by atoms with Gasteiger partial charge in [0.15, 0.2) is 5.58 Å². The fraction of sp³-hybridized carbons (Fsp3) is 0.211. The lowest BCUT2D eigenvalue weighted by Crippen LogP contribution is -2.22. The molecule has 0 aliphatic carbocycles. The van der Waals surface area contributed by atoms with E-state index in [1.54, 1.807) is 6.07 Å². The molecule has 0 amide bonds. The van der Waals surface area contributed by atoms with Crippen molar-refractivity contribution in [2.24, 2.45) is 0 Å². The molecule has 2 aromatic carbocycles. The van der Waals surface area contributed by atoms with Gasteiger partial charge in [-0.15, -0.1) is 0 Å². The Morgan fingerprint density at radius 3 is 2.55 bits per heavy atom. The van der Waals surface area contributed by atoms with Crippen LogP contribution >= 0.6 is 11.8 Å². The van der Waals surface area contributed by atoms with Crippen LogP contribution in [0.25, 0.3) is 22.5 Å². The van der Waals surface area contributed by atoms with Gasteiger partial charge in [-0.1, -0.05) is 46.7 Å². The number of oxazole rings is 1. The van der Waals surface area contributed by atoms with Crippen LogP contribution in [0.1, 0.15) is 11.5 Å². The Morgan fingerprint density at radius 1 is 1.07 bits per heavy atom. The second-order valence-corrected chi connectivity index (χ2v) is 9.64. The van der Waals surface area contributed by atoms with Crippen LogP contribution in [0.2, 0.25) is 0 Å². The highest BCUT2D eigenvalue weighted by atomic mass is 32.2. The summed E-state index contributed by atoms with van der Waals surface area (Å²) in [5.74, 6) is 1.36. The first-order chi connectivity index (χ1) is 13.8. The van der Waals surface area contributed by atoms with Crippen molar-refractivity contribution < 1.29 is 17.4 Å². The molecule has 150 valence electrons. The van der Waals surface area contributed by atoms with E-state index in [4.69, 9.17) is 8.94 Å².